The van der Waals surface area contributed by atoms with Gasteiger partial charge in [-0.25, -0.2) is 9.59 Å². The van der Waals surface area contributed by atoms with E-state index in [0.29, 0.717) is 6.42 Å². The predicted octanol–water partition coefficient (Wildman–Crippen LogP) is 4.31. The monoisotopic (exact) mass is 452 g/mol. The largest absolute Gasteiger partial charge is 0.480 e. The lowest BCUT2D eigenvalue weighted by atomic mass is 9.96. The summed E-state index contributed by atoms with van der Waals surface area (Å²) in [5.41, 5.74) is 3.16. The molecule has 7 nitrogen and oxygen atoms in total. The van der Waals surface area contributed by atoms with E-state index in [1.807, 2.05) is 50.2 Å². The summed E-state index contributed by atoms with van der Waals surface area (Å²) in [6.07, 6.45) is -0.143. The van der Waals surface area contributed by atoms with Gasteiger partial charge in [-0.05, 0) is 47.9 Å². The summed E-state index contributed by atoms with van der Waals surface area (Å²) in [7, 11) is 0. The summed E-state index contributed by atoms with van der Waals surface area (Å²) >= 11 is 0. The minimum Gasteiger partial charge on any atom is -0.480 e. The summed E-state index contributed by atoms with van der Waals surface area (Å²) < 4.78 is 5.56. The molecule has 0 saturated carbocycles. The number of hydrogen-bond acceptors (Lipinski definition) is 4. The van der Waals surface area contributed by atoms with E-state index < -0.39 is 29.6 Å². The second-order valence-electron chi connectivity index (χ2n) is 9.13. The molecule has 1 aliphatic rings. The Labute approximate surface area is 194 Å². The van der Waals surface area contributed by atoms with Crippen LogP contribution in [-0.4, -0.2) is 41.3 Å². The number of carboxylic acids is 1. The van der Waals surface area contributed by atoms with E-state index in [2.05, 4.69) is 22.8 Å². The van der Waals surface area contributed by atoms with Crippen molar-refractivity contribution in [2.24, 2.45) is 5.92 Å². The topological polar surface area (TPSA) is 105 Å². The van der Waals surface area contributed by atoms with Crippen LogP contribution in [-0.2, 0) is 14.3 Å². The highest BCUT2D eigenvalue weighted by molar-refractivity contribution is 5.92. The van der Waals surface area contributed by atoms with E-state index in [9.17, 15) is 19.5 Å². The number of alkyl carbamates (subject to hydrolysis) is 1. The van der Waals surface area contributed by atoms with Gasteiger partial charge in [0.2, 0.25) is 5.91 Å². The highest BCUT2D eigenvalue weighted by Gasteiger charge is 2.37. The Morgan fingerprint density at radius 1 is 1.03 bits per heavy atom. The van der Waals surface area contributed by atoms with Crippen molar-refractivity contribution in [3.05, 3.63) is 59.7 Å². The summed E-state index contributed by atoms with van der Waals surface area (Å²) in [5, 5.41) is 14.6. The number of carbonyl (C=O) groups excluding carboxylic acids is 2. The molecule has 7 heteroatoms. The highest BCUT2D eigenvalue weighted by Crippen LogP contribution is 2.44. The molecule has 176 valence electrons. The zero-order valence-electron chi connectivity index (χ0n) is 19.6. The van der Waals surface area contributed by atoms with Crippen molar-refractivity contribution in [1.82, 2.24) is 10.6 Å². The maximum atomic E-state index is 12.9. The van der Waals surface area contributed by atoms with Gasteiger partial charge < -0.3 is 20.5 Å². The smallest absolute Gasteiger partial charge is 0.408 e. The first-order valence-electron chi connectivity index (χ1n) is 11.3. The molecule has 0 saturated heterocycles. The normalized spacial score (nSPS) is 15.2. The van der Waals surface area contributed by atoms with Gasteiger partial charge in [0.15, 0.2) is 0 Å². The second-order valence-corrected chi connectivity index (χ2v) is 9.13. The number of carbonyl (C=O) groups is 3. The van der Waals surface area contributed by atoms with E-state index in [1.54, 1.807) is 13.8 Å². The molecule has 33 heavy (non-hydrogen) atoms. The van der Waals surface area contributed by atoms with Crippen LogP contribution in [0, 0.1) is 5.92 Å². The molecule has 1 aliphatic carbocycles. The molecule has 0 heterocycles. The van der Waals surface area contributed by atoms with Crippen molar-refractivity contribution < 1.29 is 24.2 Å². The van der Waals surface area contributed by atoms with Crippen LogP contribution in [0.25, 0.3) is 11.1 Å². The number of rotatable bonds is 9. The SMILES string of the molecule is CCC(C)(NC(=O)OCC1c2ccccc2-c2ccccc21)C(=O)N[C@@H](CC(C)C)C(=O)O. The van der Waals surface area contributed by atoms with E-state index in [-0.39, 0.29) is 24.9 Å². The number of carboxylic acid groups (broad SMARTS) is 1. The fourth-order valence-electron chi connectivity index (χ4n) is 4.18. The van der Waals surface area contributed by atoms with Gasteiger partial charge in [-0.15, -0.1) is 0 Å². The molecule has 0 spiro atoms. The maximum Gasteiger partial charge on any atom is 0.408 e. The van der Waals surface area contributed by atoms with E-state index >= 15 is 0 Å². The Balaban J connectivity index is 1.67. The molecular weight excluding hydrogens is 420 g/mol. The van der Waals surface area contributed by atoms with Crippen LogP contribution in [0.15, 0.2) is 48.5 Å². The molecule has 2 amide bonds. The Bertz CT molecular complexity index is 989. The van der Waals surface area contributed by atoms with Crippen molar-refractivity contribution in [3.63, 3.8) is 0 Å². The van der Waals surface area contributed by atoms with Crippen LogP contribution in [0.4, 0.5) is 4.79 Å². The highest BCUT2D eigenvalue weighted by atomic mass is 16.5. The molecule has 3 N–H and O–H groups in total. The standard InChI is InChI=1S/C26H32N2O5/c1-5-26(4,24(31)27-22(23(29)30)14-16(2)3)28-25(32)33-15-21-19-12-8-6-10-17(19)18-11-7-9-13-20(18)21/h6-13,16,21-22H,5,14-15H2,1-4H3,(H,27,31)(H,28,32)(H,29,30)/t22-,26?/m0/s1. The molecule has 0 radical (unpaired) electrons. The number of hydrogen-bond donors (Lipinski definition) is 3. The maximum absolute atomic E-state index is 12.9. The van der Waals surface area contributed by atoms with Gasteiger partial charge in [-0.2, -0.15) is 0 Å². The van der Waals surface area contributed by atoms with Crippen LogP contribution in [0.1, 0.15) is 57.6 Å². The number of fused-ring (bicyclic) bond motifs is 3. The molecule has 2 aromatic rings. The predicted molar refractivity (Wildman–Crippen MR) is 126 cm³/mol. The number of ether oxygens (including phenoxy) is 1. The van der Waals surface area contributed by atoms with Crippen LogP contribution < -0.4 is 10.6 Å². The summed E-state index contributed by atoms with van der Waals surface area (Å²) in [5.74, 6) is -1.65. The third kappa shape index (κ3) is 5.35. The summed E-state index contributed by atoms with van der Waals surface area (Å²) in [4.78, 5) is 37.1. The number of amides is 2. The molecule has 0 bridgehead atoms. The first-order chi connectivity index (χ1) is 15.7. The molecule has 0 aliphatic heterocycles. The van der Waals surface area contributed by atoms with Gasteiger partial charge >= 0.3 is 12.1 Å². The Morgan fingerprint density at radius 3 is 2.06 bits per heavy atom. The van der Waals surface area contributed by atoms with Gasteiger partial charge in [0.05, 0.1) is 0 Å². The molecule has 2 atom stereocenters. The minimum atomic E-state index is -1.30. The molecule has 2 aromatic carbocycles. The number of benzene rings is 2. The zero-order chi connectivity index (χ0) is 24.2. The molecule has 0 aromatic heterocycles. The van der Waals surface area contributed by atoms with Gasteiger partial charge in [-0.3, -0.25) is 4.79 Å². The van der Waals surface area contributed by atoms with Crippen LogP contribution in [0.2, 0.25) is 0 Å². The van der Waals surface area contributed by atoms with Crippen LogP contribution in [0.3, 0.4) is 0 Å². The van der Waals surface area contributed by atoms with E-state index in [4.69, 9.17) is 4.74 Å². The first-order valence-corrected chi connectivity index (χ1v) is 11.3. The van der Waals surface area contributed by atoms with Crippen molar-refractivity contribution in [2.75, 3.05) is 6.61 Å². The summed E-state index contributed by atoms with van der Waals surface area (Å²) in [6.45, 7) is 7.22. The Morgan fingerprint density at radius 2 is 1.58 bits per heavy atom. The minimum absolute atomic E-state index is 0.0905. The fraction of sp³-hybridized carbons (Fsp3) is 0.423. The fourth-order valence-corrected chi connectivity index (χ4v) is 4.18. The van der Waals surface area contributed by atoms with Gasteiger partial charge in [0, 0.05) is 5.92 Å². The third-order valence-electron chi connectivity index (χ3n) is 6.24. The van der Waals surface area contributed by atoms with Crippen molar-refractivity contribution in [1.29, 1.82) is 0 Å². The average molecular weight is 453 g/mol. The van der Waals surface area contributed by atoms with Crippen LogP contribution >= 0.6 is 0 Å². The Kier molecular flexibility index (Phi) is 7.41. The lowest BCUT2D eigenvalue weighted by Crippen LogP contribution is -2.59. The van der Waals surface area contributed by atoms with Crippen LogP contribution in [0.5, 0.6) is 0 Å². The zero-order valence-corrected chi connectivity index (χ0v) is 19.6. The van der Waals surface area contributed by atoms with E-state index in [0.717, 1.165) is 22.3 Å². The molecule has 3 rings (SSSR count). The first kappa shape index (κ1) is 24.3. The number of nitrogens with one attached hydrogen (secondary N) is 2. The summed E-state index contributed by atoms with van der Waals surface area (Å²) in [6, 6.07) is 15.1. The van der Waals surface area contributed by atoms with Crippen molar-refractivity contribution in [2.45, 2.75) is 58.0 Å². The van der Waals surface area contributed by atoms with Gasteiger partial charge in [-0.1, -0.05) is 69.3 Å². The quantitative estimate of drug-likeness (QED) is 0.526. The second kappa shape index (κ2) is 10.1. The Hall–Kier alpha value is -3.35. The number of aliphatic carboxylic acids is 1. The average Bonchev–Trinajstić information content (AvgIpc) is 3.10. The van der Waals surface area contributed by atoms with Crippen molar-refractivity contribution >= 4 is 18.0 Å². The molecule has 1 unspecified atom stereocenters. The lowest BCUT2D eigenvalue weighted by molar-refractivity contribution is -0.143. The van der Waals surface area contributed by atoms with Crippen molar-refractivity contribution in [3.8, 4) is 11.1 Å². The van der Waals surface area contributed by atoms with E-state index in [1.165, 1.54) is 0 Å². The third-order valence-corrected chi connectivity index (χ3v) is 6.24. The molecular formula is C26H32N2O5. The molecule has 0 fully saturated rings. The lowest BCUT2D eigenvalue weighted by Gasteiger charge is -2.30. The van der Waals surface area contributed by atoms with Gasteiger partial charge in [0.25, 0.3) is 0 Å². The van der Waals surface area contributed by atoms with Gasteiger partial charge in [0.1, 0.15) is 18.2 Å².